The van der Waals surface area contributed by atoms with Gasteiger partial charge in [-0.3, -0.25) is 4.79 Å². The highest BCUT2D eigenvalue weighted by molar-refractivity contribution is 6.06. The Morgan fingerprint density at radius 1 is 0.926 bits per heavy atom. The molecule has 0 radical (unpaired) electrons. The van der Waals surface area contributed by atoms with Gasteiger partial charge in [-0.15, -0.1) is 10.2 Å². The van der Waals surface area contributed by atoms with E-state index in [9.17, 15) is 4.79 Å². The lowest BCUT2D eigenvalue weighted by Gasteiger charge is -2.11. The van der Waals surface area contributed by atoms with E-state index in [0.29, 0.717) is 28.6 Å². The molecule has 132 valence electrons. The second kappa shape index (κ2) is 7.49. The monoisotopic (exact) mass is 357 g/mol. The molecule has 0 aliphatic rings. The second-order valence-electron chi connectivity index (χ2n) is 5.68. The lowest BCUT2D eigenvalue weighted by Crippen LogP contribution is -2.13. The van der Waals surface area contributed by atoms with Gasteiger partial charge in [-0.25, -0.2) is 0 Å². The molecular weight excluding hydrogens is 342 g/mol. The van der Waals surface area contributed by atoms with Crippen LogP contribution in [0.2, 0.25) is 0 Å². The van der Waals surface area contributed by atoms with E-state index in [1.165, 1.54) is 0 Å². The predicted molar refractivity (Wildman–Crippen MR) is 101 cm³/mol. The Balaban J connectivity index is 1.56. The van der Waals surface area contributed by atoms with Crippen molar-refractivity contribution in [3.63, 3.8) is 0 Å². The zero-order chi connectivity index (χ0) is 18.5. The van der Waals surface area contributed by atoms with Crippen molar-refractivity contribution in [1.82, 2.24) is 20.6 Å². The van der Waals surface area contributed by atoms with Gasteiger partial charge in [0, 0.05) is 11.3 Å². The van der Waals surface area contributed by atoms with E-state index in [2.05, 4.69) is 25.9 Å². The Labute approximate surface area is 155 Å². The molecule has 3 aromatic carbocycles. The van der Waals surface area contributed by atoms with Crippen LogP contribution in [-0.4, -0.2) is 26.5 Å². The molecule has 0 spiro atoms. The third kappa shape index (κ3) is 3.82. The fourth-order valence-electron chi connectivity index (χ4n) is 2.58. The number of H-pyrrole nitrogens is 1. The number of aromatic nitrogens is 4. The van der Waals surface area contributed by atoms with E-state index in [4.69, 9.17) is 4.74 Å². The second-order valence-corrected chi connectivity index (χ2v) is 5.68. The lowest BCUT2D eigenvalue weighted by molar-refractivity contribution is 0.102. The number of ether oxygens (including phenoxy) is 1. The van der Waals surface area contributed by atoms with E-state index in [1.54, 1.807) is 30.3 Å². The molecule has 0 aliphatic carbocycles. The molecule has 0 bridgehead atoms. The first-order valence-corrected chi connectivity index (χ1v) is 8.27. The van der Waals surface area contributed by atoms with Crippen molar-refractivity contribution in [1.29, 1.82) is 0 Å². The number of rotatable bonds is 5. The van der Waals surface area contributed by atoms with Gasteiger partial charge in [0.1, 0.15) is 11.5 Å². The third-order valence-corrected chi connectivity index (χ3v) is 3.83. The molecule has 0 fully saturated rings. The Bertz CT molecular complexity index is 1050. The zero-order valence-corrected chi connectivity index (χ0v) is 14.2. The van der Waals surface area contributed by atoms with Crippen molar-refractivity contribution >= 4 is 11.6 Å². The van der Waals surface area contributed by atoms with Gasteiger partial charge in [-0.2, -0.15) is 5.21 Å². The maximum absolute atomic E-state index is 12.8. The van der Waals surface area contributed by atoms with Crippen LogP contribution in [0, 0.1) is 0 Å². The van der Waals surface area contributed by atoms with Gasteiger partial charge in [0.25, 0.3) is 5.91 Å². The number of nitrogens with one attached hydrogen (secondary N) is 2. The quantitative estimate of drug-likeness (QED) is 0.565. The fraction of sp³-hybridized carbons (Fsp3) is 0. The molecule has 0 unspecified atom stereocenters. The average molecular weight is 357 g/mol. The smallest absolute Gasteiger partial charge is 0.259 e. The molecule has 0 atom stereocenters. The fourth-order valence-corrected chi connectivity index (χ4v) is 2.58. The number of tetrazole rings is 1. The van der Waals surface area contributed by atoms with Crippen LogP contribution in [0.3, 0.4) is 0 Å². The molecule has 1 heterocycles. The predicted octanol–water partition coefficient (Wildman–Crippen LogP) is 3.91. The van der Waals surface area contributed by atoms with Crippen LogP contribution in [0.5, 0.6) is 11.5 Å². The number of carbonyl (C=O) groups is 1. The van der Waals surface area contributed by atoms with Gasteiger partial charge >= 0.3 is 0 Å². The summed E-state index contributed by atoms with van der Waals surface area (Å²) in [5.74, 6) is 1.33. The summed E-state index contributed by atoms with van der Waals surface area (Å²) >= 11 is 0. The molecule has 0 saturated heterocycles. The molecule has 4 aromatic rings. The largest absolute Gasteiger partial charge is 0.457 e. The first-order chi connectivity index (χ1) is 13.3. The molecule has 7 heteroatoms. The Morgan fingerprint density at radius 3 is 2.56 bits per heavy atom. The van der Waals surface area contributed by atoms with Crippen LogP contribution >= 0.6 is 0 Å². The van der Waals surface area contributed by atoms with Gasteiger partial charge < -0.3 is 10.1 Å². The van der Waals surface area contributed by atoms with E-state index >= 15 is 0 Å². The summed E-state index contributed by atoms with van der Waals surface area (Å²) in [6.07, 6.45) is 0. The highest BCUT2D eigenvalue weighted by Crippen LogP contribution is 2.26. The van der Waals surface area contributed by atoms with Crippen molar-refractivity contribution < 1.29 is 9.53 Å². The van der Waals surface area contributed by atoms with Gasteiger partial charge in [-0.1, -0.05) is 42.5 Å². The Kier molecular flexibility index (Phi) is 4.57. The highest BCUT2D eigenvalue weighted by atomic mass is 16.5. The Morgan fingerprint density at radius 2 is 1.74 bits per heavy atom. The summed E-state index contributed by atoms with van der Waals surface area (Å²) in [4.78, 5) is 12.8. The SMILES string of the molecule is O=C(Nc1cccc(-c2nn[nH]n2)c1)c1ccccc1Oc1ccccc1. The zero-order valence-electron chi connectivity index (χ0n) is 14.2. The molecule has 0 saturated carbocycles. The van der Waals surface area contributed by atoms with Crippen LogP contribution in [0.15, 0.2) is 78.9 Å². The number of carbonyl (C=O) groups excluding carboxylic acids is 1. The molecular formula is C20H15N5O2. The normalized spacial score (nSPS) is 10.4. The lowest BCUT2D eigenvalue weighted by atomic mass is 10.1. The van der Waals surface area contributed by atoms with Gasteiger partial charge in [-0.05, 0) is 41.6 Å². The maximum Gasteiger partial charge on any atom is 0.259 e. The summed E-state index contributed by atoms with van der Waals surface area (Å²) < 4.78 is 5.86. The van der Waals surface area contributed by atoms with Crippen LogP contribution < -0.4 is 10.1 Å². The number of nitrogens with zero attached hydrogens (tertiary/aromatic N) is 3. The maximum atomic E-state index is 12.8. The van der Waals surface area contributed by atoms with Crippen LogP contribution in [0.4, 0.5) is 5.69 Å². The number of anilines is 1. The van der Waals surface area contributed by atoms with Crippen LogP contribution in [0.25, 0.3) is 11.4 Å². The summed E-state index contributed by atoms with van der Waals surface area (Å²) in [6, 6.07) is 23.7. The Hall–Kier alpha value is -4.00. The van der Waals surface area contributed by atoms with Gasteiger partial charge in [0.15, 0.2) is 0 Å². The molecule has 1 amide bonds. The number of aromatic amines is 1. The van der Waals surface area contributed by atoms with Gasteiger partial charge in [0.2, 0.25) is 5.82 Å². The van der Waals surface area contributed by atoms with Crippen molar-refractivity contribution in [2.75, 3.05) is 5.32 Å². The van der Waals surface area contributed by atoms with Crippen LogP contribution in [0.1, 0.15) is 10.4 Å². The number of hydrogen-bond donors (Lipinski definition) is 2. The van der Waals surface area contributed by atoms with Crippen molar-refractivity contribution in [2.45, 2.75) is 0 Å². The topological polar surface area (TPSA) is 92.8 Å². The minimum absolute atomic E-state index is 0.271. The number of benzene rings is 3. The summed E-state index contributed by atoms with van der Waals surface area (Å²) in [6.45, 7) is 0. The van der Waals surface area contributed by atoms with Crippen molar-refractivity contribution in [2.24, 2.45) is 0 Å². The van der Waals surface area contributed by atoms with E-state index in [-0.39, 0.29) is 5.91 Å². The minimum atomic E-state index is -0.271. The first kappa shape index (κ1) is 16.5. The molecule has 2 N–H and O–H groups in total. The molecule has 0 aliphatic heterocycles. The van der Waals surface area contributed by atoms with Gasteiger partial charge in [0.05, 0.1) is 5.56 Å². The minimum Gasteiger partial charge on any atom is -0.457 e. The number of para-hydroxylation sites is 2. The summed E-state index contributed by atoms with van der Waals surface area (Å²) in [5.41, 5.74) is 1.80. The standard InChI is InChI=1S/C20H15N5O2/c26-20(21-15-8-6-7-14(13-15)19-22-24-25-23-19)17-11-4-5-12-18(17)27-16-9-2-1-3-10-16/h1-13H,(H,21,26)(H,22,23,24,25). The third-order valence-electron chi connectivity index (χ3n) is 3.83. The molecule has 4 rings (SSSR count). The summed E-state index contributed by atoms with van der Waals surface area (Å²) in [5, 5.41) is 16.7. The van der Waals surface area contributed by atoms with E-state index < -0.39 is 0 Å². The van der Waals surface area contributed by atoms with Crippen molar-refractivity contribution in [3.8, 4) is 22.9 Å². The van der Waals surface area contributed by atoms with E-state index in [0.717, 1.165) is 5.56 Å². The molecule has 1 aromatic heterocycles. The number of hydrogen-bond acceptors (Lipinski definition) is 5. The molecule has 27 heavy (non-hydrogen) atoms. The molecule has 7 nitrogen and oxygen atoms in total. The van der Waals surface area contributed by atoms with Crippen molar-refractivity contribution in [3.05, 3.63) is 84.4 Å². The number of amides is 1. The van der Waals surface area contributed by atoms with Crippen LogP contribution in [-0.2, 0) is 0 Å². The van der Waals surface area contributed by atoms with E-state index in [1.807, 2.05) is 48.5 Å². The first-order valence-electron chi connectivity index (χ1n) is 8.27. The summed E-state index contributed by atoms with van der Waals surface area (Å²) in [7, 11) is 0. The highest BCUT2D eigenvalue weighted by Gasteiger charge is 2.14. The average Bonchev–Trinajstić information content (AvgIpc) is 3.24.